The largest absolute Gasteiger partial charge is 0.364 e. The van der Waals surface area contributed by atoms with Gasteiger partial charge in [0.05, 0.1) is 6.10 Å². The number of hydrogen-bond acceptors (Lipinski definition) is 2. The standard InChI is InChI=1S/C17H16O2/c18-15(13-7-3-1-4-8-13)11-12-16-17(19-16)14-9-5-2-6-10-14/h1-10,16-17H,11-12H2. The van der Waals surface area contributed by atoms with E-state index >= 15 is 0 Å². The van der Waals surface area contributed by atoms with Crippen LogP contribution in [0.1, 0.15) is 34.9 Å². The highest BCUT2D eigenvalue weighted by Gasteiger charge is 2.39. The van der Waals surface area contributed by atoms with Gasteiger partial charge in [-0.3, -0.25) is 4.79 Å². The van der Waals surface area contributed by atoms with Gasteiger partial charge in [-0.2, -0.15) is 0 Å². The number of epoxide rings is 1. The monoisotopic (exact) mass is 252 g/mol. The lowest BCUT2D eigenvalue weighted by atomic mass is 10.0. The second-order valence-corrected chi connectivity index (χ2v) is 4.83. The minimum absolute atomic E-state index is 0.185. The van der Waals surface area contributed by atoms with Crippen LogP contribution in [0.25, 0.3) is 0 Å². The maximum absolute atomic E-state index is 12.0. The predicted octanol–water partition coefficient (Wildman–Crippen LogP) is 3.79. The third-order valence-corrected chi connectivity index (χ3v) is 3.46. The molecule has 1 aliphatic rings. The van der Waals surface area contributed by atoms with Crippen molar-refractivity contribution in [2.75, 3.05) is 0 Å². The van der Waals surface area contributed by atoms with Gasteiger partial charge in [0.15, 0.2) is 5.78 Å². The van der Waals surface area contributed by atoms with Crippen LogP contribution in [0.2, 0.25) is 0 Å². The molecule has 1 saturated heterocycles. The third kappa shape index (κ3) is 2.91. The van der Waals surface area contributed by atoms with Crippen molar-refractivity contribution >= 4 is 5.78 Å². The summed E-state index contributed by atoms with van der Waals surface area (Å²) in [5, 5.41) is 0. The summed E-state index contributed by atoms with van der Waals surface area (Å²) >= 11 is 0. The first-order valence-electron chi connectivity index (χ1n) is 6.63. The molecule has 0 radical (unpaired) electrons. The number of hydrogen-bond donors (Lipinski definition) is 0. The fourth-order valence-corrected chi connectivity index (χ4v) is 2.34. The van der Waals surface area contributed by atoms with Gasteiger partial charge in [0.1, 0.15) is 6.10 Å². The Hall–Kier alpha value is -1.93. The summed E-state index contributed by atoms with van der Waals surface area (Å²) in [5.74, 6) is 0.197. The highest BCUT2D eigenvalue weighted by atomic mass is 16.6. The van der Waals surface area contributed by atoms with E-state index in [0.29, 0.717) is 6.42 Å². The molecule has 0 N–H and O–H groups in total. The molecule has 96 valence electrons. The second kappa shape index (κ2) is 5.37. The van der Waals surface area contributed by atoms with Crippen LogP contribution in [0, 0.1) is 0 Å². The van der Waals surface area contributed by atoms with Crippen LogP contribution in [0.5, 0.6) is 0 Å². The Morgan fingerprint density at radius 2 is 1.58 bits per heavy atom. The molecular formula is C17H16O2. The van der Waals surface area contributed by atoms with E-state index in [1.165, 1.54) is 5.56 Å². The first-order chi connectivity index (χ1) is 9.34. The molecule has 19 heavy (non-hydrogen) atoms. The highest BCUT2D eigenvalue weighted by molar-refractivity contribution is 5.95. The number of ether oxygens (including phenoxy) is 1. The summed E-state index contributed by atoms with van der Waals surface area (Å²) in [6.07, 6.45) is 1.74. The van der Waals surface area contributed by atoms with E-state index < -0.39 is 0 Å². The van der Waals surface area contributed by atoms with Gasteiger partial charge >= 0.3 is 0 Å². The number of carbonyl (C=O) groups is 1. The molecule has 2 heteroatoms. The van der Waals surface area contributed by atoms with Crippen LogP contribution < -0.4 is 0 Å². The summed E-state index contributed by atoms with van der Waals surface area (Å²) in [5.41, 5.74) is 2.00. The van der Waals surface area contributed by atoms with Crippen LogP contribution in [-0.4, -0.2) is 11.9 Å². The van der Waals surface area contributed by atoms with Crippen LogP contribution >= 0.6 is 0 Å². The molecule has 0 bridgehead atoms. The molecule has 2 aromatic rings. The van der Waals surface area contributed by atoms with E-state index in [1.54, 1.807) is 0 Å². The molecule has 0 aliphatic carbocycles. The van der Waals surface area contributed by atoms with Crippen molar-refractivity contribution in [1.29, 1.82) is 0 Å². The first-order valence-corrected chi connectivity index (χ1v) is 6.63. The van der Waals surface area contributed by atoms with Crippen LogP contribution in [0.15, 0.2) is 60.7 Å². The second-order valence-electron chi connectivity index (χ2n) is 4.83. The lowest BCUT2D eigenvalue weighted by Crippen LogP contribution is -2.01. The maximum atomic E-state index is 12.0. The smallest absolute Gasteiger partial charge is 0.162 e. The molecule has 2 unspecified atom stereocenters. The van der Waals surface area contributed by atoms with Gasteiger partial charge in [0.25, 0.3) is 0 Å². The number of rotatable bonds is 5. The molecule has 0 spiro atoms. The Balaban J connectivity index is 1.51. The third-order valence-electron chi connectivity index (χ3n) is 3.46. The number of Topliss-reactive ketones (excluding diaryl/α,β-unsaturated/α-hetero) is 1. The molecule has 1 heterocycles. The molecule has 2 aromatic carbocycles. The fourth-order valence-electron chi connectivity index (χ4n) is 2.34. The van der Waals surface area contributed by atoms with Gasteiger partial charge < -0.3 is 4.74 Å². The van der Waals surface area contributed by atoms with E-state index in [2.05, 4.69) is 12.1 Å². The van der Waals surface area contributed by atoms with Gasteiger partial charge in [-0.25, -0.2) is 0 Å². The first kappa shape index (κ1) is 12.1. The molecule has 1 fully saturated rings. The predicted molar refractivity (Wildman–Crippen MR) is 74.1 cm³/mol. The molecule has 3 rings (SSSR count). The minimum atomic E-state index is 0.185. The molecule has 2 atom stereocenters. The van der Waals surface area contributed by atoms with E-state index in [-0.39, 0.29) is 18.0 Å². The Bertz CT molecular complexity index is 548. The van der Waals surface area contributed by atoms with Crippen molar-refractivity contribution in [2.45, 2.75) is 25.0 Å². The molecule has 0 amide bonds. The van der Waals surface area contributed by atoms with Crippen molar-refractivity contribution < 1.29 is 9.53 Å². The van der Waals surface area contributed by atoms with Crippen molar-refractivity contribution in [3.05, 3.63) is 71.8 Å². The Morgan fingerprint density at radius 3 is 2.26 bits per heavy atom. The zero-order chi connectivity index (χ0) is 13.1. The Labute approximate surface area is 113 Å². The van der Waals surface area contributed by atoms with Gasteiger partial charge in [0, 0.05) is 12.0 Å². The topological polar surface area (TPSA) is 29.6 Å². The summed E-state index contributed by atoms with van der Waals surface area (Å²) in [6, 6.07) is 19.6. The van der Waals surface area contributed by atoms with Crippen molar-refractivity contribution in [3.63, 3.8) is 0 Å². The molecular weight excluding hydrogens is 236 g/mol. The van der Waals surface area contributed by atoms with Crippen LogP contribution in [-0.2, 0) is 4.74 Å². The number of carbonyl (C=O) groups excluding carboxylic acids is 1. The van der Waals surface area contributed by atoms with Gasteiger partial charge in [0.2, 0.25) is 0 Å². The Kier molecular flexibility index (Phi) is 3.43. The minimum Gasteiger partial charge on any atom is -0.364 e. The zero-order valence-corrected chi connectivity index (χ0v) is 10.7. The van der Waals surface area contributed by atoms with Gasteiger partial charge in [-0.1, -0.05) is 60.7 Å². The SMILES string of the molecule is O=C(CCC1OC1c1ccccc1)c1ccccc1. The summed E-state index contributed by atoms with van der Waals surface area (Å²) in [6.45, 7) is 0. The van der Waals surface area contributed by atoms with E-state index in [0.717, 1.165) is 12.0 Å². The maximum Gasteiger partial charge on any atom is 0.162 e. The lowest BCUT2D eigenvalue weighted by molar-refractivity contribution is 0.0976. The van der Waals surface area contributed by atoms with Crippen LogP contribution in [0.3, 0.4) is 0 Å². The normalized spacial score (nSPS) is 21.1. The molecule has 0 saturated carbocycles. The summed E-state index contributed by atoms with van der Waals surface area (Å²) in [4.78, 5) is 12.0. The van der Waals surface area contributed by atoms with Crippen molar-refractivity contribution in [1.82, 2.24) is 0 Å². The molecule has 2 nitrogen and oxygen atoms in total. The fraction of sp³-hybridized carbons (Fsp3) is 0.235. The van der Waals surface area contributed by atoms with Gasteiger partial charge in [-0.15, -0.1) is 0 Å². The number of benzene rings is 2. The van der Waals surface area contributed by atoms with Gasteiger partial charge in [-0.05, 0) is 12.0 Å². The number of ketones is 1. The summed E-state index contributed by atoms with van der Waals surface area (Å²) < 4.78 is 5.64. The average Bonchev–Trinajstić information content (AvgIpc) is 3.26. The Morgan fingerprint density at radius 1 is 0.947 bits per heavy atom. The average molecular weight is 252 g/mol. The van der Waals surface area contributed by atoms with E-state index in [1.807, 2.05) is 48.5 Å². The van der Waals surface area contributed by atoms with E-state index in [4.69, 9.17) is 4.74 Å². The molecule has 1 aliphatic heterocycles. The van der Waals surface area contributed by atoms with Crippen molar-refractivity contribution in [3.8, 4) is 0 Å². The van der Waals surface area contributed by atoms with Crippen molar-refractivity contribution in [2.24, 2.45) is 0 Å². The lowest BCUT2D eigenvalue weighted by Gasteiger charge is -1.99. The zero-order valence-electron chi connectivity index (χ0n) is 10.7. The highest BCUT2D eigenvalue weighted by Crippen LogP contribution is 2.41. The van der Waals surface area contributed by atoms with E-state index in [9.17, 15) is 4.79 Å². The molecule has 0 aromatic heterocycles. The summed E-state index contributed by atoms with van der Waals surface area (Å²) in [7, 11) is 0. The van der Waals surface area contributed by atoms with Crippen LogP contribution in [0.4, 0.5) is 0 Å². The quantitative estimate of drug-likeness (QED) is 0.598.